The maximum absolute atomic E-state index is 13.5. The average molecular weight is 412 g/mol. The van der Waals surface area contributed by atoms with Gasteiger partial charge in [0.2, 0.25) is 5.91 Å². The minimum Gasteiger partial charge on any atom is -0.321 e. The van der Waals surface area contributed by atoms with Crippen molar-refractivity contribution in [2.24, 2.45) is 0 Å². The van der Waals surface area contributed by atoms with Crippen LogP contribution >= 0.6 is 0 Å². The molecule has 0 aromatic heterocycles. The van der Waals surface area contributed by atoms with Gasteiger partial charge < -0.3 is 5.32 Å². The van der Waals surface area contributed by atoms with E-state index in [2.05, 4.69) is 24.4 Å². The minimum atomic E-state index is -1.10. The van der Waals surface area contributed by atoms with E-state index in [9.17, 15) is 18.0 Å². The molecule has 0 radical (unpaired) electrons. The number of halogens is 3. The van der Waals surface area contributed by atoms with Crippen molar-refractivity contribution >= 4 is 11.6 Å². The summed E-state index contributed by atoms with van der Waals surface area (Å²) in [5.74, 6) is -3.65. The van der Waals surface area contributed by atoms with E-state index in [1.165, 1.54) is 44.9 Å². The number of amides is 1. The van der Waals surface area contributed by atoms with Gasteiger partial charge in [0.15, 0.2) is 11.6 Å². The van der Waals surface area contributed by atoms with E-state index in [1.807, 2.05) is 0 Å². The lowest BCUT2D eigenvalue weighted by Gasteiger charge is -2.07. The third kappa shape index (κ3) is 12.4. The molecule has 1 N–H and O–H groups in total. The molecule has 0 saturated heterocycles. The van der Waals surface area contributed by atoms with Gasteiger partial charge in [0.05, 0.1) is 0 Å². The van der Waals surface area contributed by atoms with Gasteiger partial charge in [-0.15, -0.1) is 0 Å². The number of unbranched alkanes of at least 4 members (excludes halogenated alkanes) is 11. The van der Waals surface area contributed by atoms with Crippen LogP contribution < -0.4 is 5.32 Å². The zero-order valence-electron chi connectivity index (χ0n) is 17.8. The van der Waals surface area contributed by atoms with Crippen LogP contribution in [-0.4, -0.2) is 5.91 Å². The molecular formula is C24H36F3NO. The van der Waals surface area contributed by atoms with Crippen molar-refractivity contribution in [3.05, 3.63) is 41.7 Å². The van der Waals surface area contributed by atoms with E-state index in [4.69, 9.17) is 0 Å². The van der Waals surface area contributed by atoms with Gasteiger partial charge >= 0.3 is 0 Å². The Labute approximate surface area is 174 Å². The summed E-state index contributed by atoms with van der Waals surface area (Å²) in [6, 6.07) is 1.11. The van der Waals surface area contributed by atoms with Crippen LogP contribution in [0.15, 0.2) is 24.3 Å². The molecule has 1 rings (SSSR count). The topological polar surface area (TPSA) is 29.1 Å². The highest BCUT2D eigenvalue weighted by Crippen LogP contribution is 2.20. The largest absolute Gasteiger partial charge is 0.321 e. The lowest BCUT2D eigenvalue weighted by atomic mass is 10.1. The second kappa shape index (κ2) is 16.1. The Bertz CT molecular complexity index is 593. The highest BCUT2D eigenvalue weighted by Gasteiger charge is 2.13. The van der Waals surface area contributed by atoms with E-state index < -0.39 is 29.0 Å². The second-order valence-corrected chi connectivity index (χ2v) is 7.63. The summed E-state index contributed by atoms with van der Waals surface area (Å²) in [7, 11) is 0. The number of hydrogen-bond acceptors (Lipinski definition) is 1. The van der Waals surface area contributed by atoms with Crippen LogP contribution in [-0.2, 0) is 4.79 Å². The molecule has 29 heavy (non-hydrogen) atoms. The number of anilines is 1. The molecule has 0 fully saturated rings. The number of nitrogens with one attached hydrogen (secondary N) is 1. The minimum absolute atomic E-state index is 0.203. The predicted octanol–water partition coefficient (Wildman–Crippen LogP) is 8.08. The fourth-order valence-corrected chi connectivity index (χ4v) is 3.22. The Kier molecular flexibility index (Phi) is 14.0. The highest BCUT2D eigenvalue weighted by molar-refractivity contribution is 5.90. The molecule has 0 aliphatic carbocycles. The van der Waals surface area contributed by atoms with Gasteiger partial charge in [-0.25, -0.2) is 13.2 Å². The van der Waals surface area contributed by atoms with Gasteiger partial charge in [-0.05, 0) is 32.1 Å². The Balaban J connectivity index is 1.98. The van der Waals surface area contributed by atoms with Crippen LogP contribution in [0.1, 0.15) is 96.8 Å². The fourth-order valence-electron chi connectivity index (χ4n) is 3.22. The SMILES string of the molecule is CCCCCCCC/C=C\CCCCCCCC(=O)Nc1c(F)cc(F)cc1F. The molecule has 0 unspecified atom stereocenters. The second-order valence-electron chi connectivity index (χ2n) is 7.63. The molecule has 0 aliphatic heterocycles. The molecule has 1 aromatic rings. The number of carbonyl (C=O) groups excluding carboxylic acids is 1. The Morgan fingerprint density at radius 2 is 1.28 bits per heavy atom. The molecule has 0 aliphatic rings. The highest BCUT2D eigenvalue weighted by atomic mass is 19.1. The first kappa shape index (κ1) is 25.3. The zero-order valence-corrected chi connectivity index (χ0v) is 17.8. The van der Waals surface area contributed by atoms with Crippen LogP contribution in [0.5, 0.6) is 0 Å². The van der Waals surface area contributed by atoms with Crippen LogP contribution in [0.25, 0.3) is 0 Å². The molecule has 0 spiro atoms. The molecule has 1 aromatic carbocycles. The van der Waals surface area contributed by atoms with Crippen molar-refractivity contribution in [1.82, 2.24) is 0 Å². The number of hydrogen-bond donors (Lipinski definition) is 1. The van der Waals surface area contributed by atoms with Crippen molar-refractivity contribution in [2.75, 3.05) is 5.32 Å². The molecule has 0 heterocycles. The summed E-state index contributed by atoms with van der Waals surface area (Å²) in [5.41, 5.74) is -0.579. The first-order valence-corrected chi connectivity index (χ1v) is 11.1. The molecule has 1 amide bonds. The van der Waals surface area contributed by atoms with Crippen molar-refractivity contribution < 1.29 is 18.0 Å². The van der Waals surface area contributed by atoms with E-state index >= 15 is 0 Å². The van der Waals surface area contributed by atoms with Crippen LogP contribution in [0.3, 0.4) is 0 Å². The quantitative estimate of drug-likeness (QED) is 0.216. The van der Waals surface area contributed by atoms with Gasteiger partial charge in [-0.2, -0.15) is 0 Å². The van der Waals surface area contributed by atoms with Gasteiger partial charge in [-0.3, -0.25) is 4.79 Å². The van der Waals surface area contributed by atoms with E-state index in [1.54, 1.807) is 0 Å². The Morgan fingerprint density at radius 3 is 1.83 bits per heavy atom. The first-order valence-electron chi connectivity index (χ1n) is 11.1. The maximum Gasteiger partial charge on any atom is 0.224 e. The summed E-state index contributed by atoms with van der Waals surface area (Å²) in [6.45, 7) is 2.24. The fraction of sp³-hybridized carbons (Fsp3) is 0.625. The summed E-state index contributed by atoms with van der Waals surface area (Å²) < 4.78 is 39.8. The van der Waals surface area contributed by atoms with Crippen molar-refractivity contribution in [1.29, 1.82) is 0 Å². The van der Waals surface area contributed by atoms with E-state index in [0.717, 1.165) is 32.1 Å². The predicted molar refractivity (Wildman–Crippen MR) is 114 cm³/mol. The Morgan fingerprint density at radius 1 is 0.793 bits per heavy atom. The molecular weight excluding hydrogens is 375 g/mol. The van der Waals surface area contributed by atoms with Gasteiger partial charge in [-0.1, -0.05) is 70.4 Å². The monoisotopic (exact) mass is 411 g/mol. The average Bonchev–Trinajstić information content (AvgIpc) is 2.67. The van der Waals surface area contributed by atoms with Crippen molar-refractivity contribution in [2.45, 2.75) is 96.8 Å². The number of carbonyl (C=O) groups is 1. The van der Waals surface area contributed by atoms with Crippen molar-refractivity contribution in [3.63, 3.8) is 0 Å². The van der Waals surface area contributed by atoms with Crippen molar-refractivity contribution in [3.8, 4) is 0 Å². The molecule has 164 valence electrons. The van der Waals surface area contributed by atoms with Crippen LogP contribution in [0.2, 0.25) is 0 Å². The van der Waals surface area contributed by atoms with Crippen LogP contribution in [0.4, 0.5) is 18.9 Å². The smallest absolute Gasteiger partial charge is 0.224 e. The standard InChI is InChI=1S/C24H36F3NO/c1-2-3-4-5-6-7-8-9-10-11-12-13-14-15-16-17-23(29)28-24-21(26)18-20(25)19-22(24)27/h9-10,18-19H,2-8,11-17H2,1H3,(H,28,29)/b10-9-. The van der Waals surface area contributed by atoms with Crippen LogP contribution in [0, 0.1) is 17.5 Å². The number of rotatable bonds is 16. The van der Waals surface area contributed by atoms with Gasteiger partial charge in [0, 0.05) is 18.6 Å². The number of benzene rings is 1. The molecule has 2 nitrogen and oxygen atoms in total. The molecule has 0 bridgehead atoms. The van der Waals surface area contributed by atoms with E-state index in [0.29, 0.717) is 18.6 Å². The zero-order chi connectivity index (χ0) is 21.3. The van der Waals surface area contributed by atoms with Gasteiger partial charge in [0.1, 0.15) is 11.5 Å². The van der Waals surface area contributed by atoms with Gasteiger partial charge in [0.25, 0.3) is 0 Å². The summed E-state index contributed by atoms with van der Waals surface area (Å²) in [6.07, 6.45) is 19.9. The summed E-state index contributed by atoms with van der Waals surface area (Å²) in [4.78, 5) is 11.8. The van der Waals surface area contributed by atoms with E-state index in [-0.39, 0.29) is 6.42 Å². The third-order valence-corrected chi connectivity index (χ3v) is 4.94. The number of allylic oxidation sites excluding steroid dienone is 2. The first-order chi connectivity index (χ1) is 14.0. The third-order valence-electron chi connectivity index (χ3n) is 4.94. The molecule has 0 saturated carbocycles. The lowest BCUT2D eigenvalue weighted by Crippen LogP contribution is -2.14. The maximum atomic E-state index is 13.5. The summed E-state index contributed by atoms with van der Waals surface area (Å²) in [5, 5.41) is 2.19. The normalized spacial score (nSPS) is 11.3. The lowest BCUT2D eigenvalue weighted by molar-refractivity contribution is -0.116. The molecule has 0 atom stereocenters. The summed E-state index contributed by atoms with van der Waals surface area (Å²) >= 11 is 0. The molecule has 5 heteroatoms. The Hall–Kier alpha value is -1.78.